The third-order valence-corrected chi connectivity index (χ3v) is 4.05. The van der Waals surface area contributed by atoms with Gasteiger partial charge in [0.1, 0.15) is 12.7 Å². The average molecular weight is 339 g/mol. The molecule has 25 heavy (non-hydrogen) atoms. The molecule has 0 saturated heterocycles. The molecule has 0 aliphatic carbocycles. The summed E-state index contributed by atoms with van der Waals surface area (Å²) < 4.78 is 11.4. The summed E-state index contributed by atoms with van der Waals surface area (Å²) in [6, 6.07) is 12.6. The lowest BCUT2D eigenvalue weighted by Gasteiger charge is -2.26. The molecule has 0 radical (unpaired) electrons. The van der Waals surface area contributed by atoms with E-state index < -0.39 is 0 Å². The molecule has 128 valence electrons. The average Bonchev–Trinajstić information content (AvgIpc) is 2.65. The number of carbonyl (C=O) groups is 2. The number of hydrogen-bond donors (Lipinski definition) is 3. The van der Waals surface area contributed by atoms with Crippen molar-refractivity contribution in [1.29, 1.82) is 0 Å². The monoisotopic (exact) mass is 339 g/mol. The molecule has 7 heteroatoms. The number of para-hydroxylation sites is 2. The first kappa shape index (κ1) is 15.3. The zero-order chi connectivity index (χ0) is 17.2. The summed E-state index contributed by atoms with van der Waals surface area (Å²) >= 11 is 0. The van der Waals surface area contributed by atoms with E-state index in [9.17, 15) is 9.59 Å². The van der Waals surface area contributed by atoms with Crippen LogP contribution in [0.1, 0.15) is 10.4 Å². The number of hydrogen-bond acceptors (Lipinski definition) is 5. The van der Waals surface area contributed by atoms with E-state index in [-0.39, 0.29) is 24.5 Å². The Hall–Kier alpha value is -3.22. The van der Waals surface area contributed by atoms with Crippen molar-refractivity contribution in [1.82, 2.24) is 5.32 Å². The summed E-state index contributed by atoms with van der Waals surface area (Å²) in [7, 11) is 0. The van der Waals surface area contributed by atoms with Crippen molar-refractivity contribution in [3.8, 4) is 11.5 Å². The van der Waals surface area contributed by atoms with Crippen molar-refractivity contribution in [2.45, 2.75) is 6.10 Å². The summed E-state index contributed by atoms with van der Waals surface area (Å²) in [4.78, 5) is 23.8. The molecule has 2 aliphatic heterocycles. The fraction of sp³-hybridized carbons (Fsp3) is 0.222. The van der Waals surface area contributed by atoms with Crippen molar-refractivity contribution in [2.24, 2.45) is 0 Å². The summed E-state index contributed by atoms with van der Waals surface area (Å²) in [5.74, 6) is 1.03. The molecule has 1 unspecified atom stereocenters. The van der Waals surface area contributed by atoms with Gasteiger partial charge in [0.05, 0.1) is 24.5 Å². The summed E-state index contributed by atoms with van der Waals surface area (Å²) in [6.45, 7) is 0.940. The highest BCUT2D eigenvalue weighted by molar-refractivity contribution is 6.03. The lowest BCUT2D eigenvalue weighted by Crippen LogP contribution is -2.40. The van der Waals surface area contributed by atoms with Gasteiger partial charge in [-0.05, 0) is 30.3 Å². The molecule has 0 spiro atoms. The van der Waals surface area contributed by atoms with Gasteiger partial charge in [0, 0.05) is 5.56 Å². The van der Waals surface area contributed by atoms with Crippen LogP contribution in [-0.4, -0.2) is 37.6 Å². The normalized spacial score (nSPS) is 17.8. The quantitative estimate of drug-likeness (QED) is 0.791. The Labute approximate surface area is 144 Å². The van der Waals surface area contributed by atoms with Crippen molar-refractivity contribution < 1.29 is 19.1 Å². The van der Waals surface area contributed by atoms with Gasteiger partial charge >= 0.3 is 0 Å². The second-order valence-corrected chi connectivity index (χ2v) is 5.87. The molecule has 2 aliphatic rings. The first-order chi connectivity index (χ1) is 12.2. The second kappa shape index (κ2) is 6.35. The van der Waals surface area contributed by atoms with E-state index in [0.29, 0.717) is 35.9 Å². The van der Waals surface area contributed by atoms with Crippen molar-refractivity contribution in [3.63, 3.8) is 0 Å². The van der Waals surface area contributed by atoms with Crippen LogP contribution in [0.15, 0.2) is 42.5 Å². The van der Waals surface area contributed by atoms with Gasteiger partial charge in [-0.3, -0.25) is 9.59 Å². The van der Waals surface area contributed by atoms with E-state index in [2.05, 4.69) is 16.0 Å². The van der Waals surface area contributed by atoms with Gasteiger partial charge in [0.2, 0.25) is 5.91 Å². The molecule has 2 amide bonds. The summed E-state index contributed by atoms with van der Waals surface area (Å²) in [5.41, 5.74) is 1.88. The number of carbonyl (C=O) groups excluding carboxylic acids is 2. The molecule has 0 fully saturated rings. The van der Waals surface area contributed by atoms with E-state index >= 15 is 0 Å². The van der Waals surface area contributed by atoms with E-state index in [0.717, 1.165) is 5.69 Å². The lowest BCUT2D eigenvalue weighted by atomic mass is 10.1. The van der Waals surface area contributed by atoms with Crippen LogP contribution in [0.25, 0.3) is 0 Å². The first-order valence-electron chi connectivity index (χ1n) is 8.03. The minimum atomic E-state index is -0.252. The van der Waals surface area contributed by atoms with Crippen LogP contribution >= 0.6 is 0 Å². The molecular formula is C18H17N3O4. The van der Waals surface area contributed by atoms with Gasteiger partial charge in [0.15, 0.2) is 11.5 Å². The van der Waals surface area contributed by atoms with Gasteiger partial charge in [0.25, 0.3) is 5.91 Å². The molecule has 2 aromatic rings. The SMILES string of the molecule is O=C1CNc2ccc(C(=O)NCC3COc4ccccc4O3)cc2N1. The molecule has 0 bridgehead atoms. The maximum absolute atomic E-state index is 12.4. The molecule has 7 nitrogen and oxygen atoms in total. The van der Waals surface area contributed by atoms with E-state index in [1.165, 1.54) is 0 Å². The van der Waals surface area contributed by atoms with Crippen LogP contribution in [0.4, 0.5) is 11.4 Å². The highest BCUT2D eigenvalue weighted by atomic mass is 16.6. The predicted octanol–water partition coefficient (Wildman–Crippen LogP) is 1.62. The van der Waals surface area contributed by atoms with Gasteiger partial charge in [-0.15, -0.1) is 0 Å². The van der Waals surface area contributed by atoms with Gasteiger partial charge in [-0.1, -0.05) is 12.1 Å². The topological polar surface area (TPSA) is 88.7 Å². The maximum Gasteiger partial charge on any atom is 0.251 e. The Balaban J connectivity index is 1.38. The Bertz CT molecular complexity index is 837. The highest BCUT2D eigenvalue weighted by Crippen LogP contribution is 2.30. The number of amides is 2. The smallest absolute Gasteiger partial charge is 0.251 e. The fourth-order valence-corrected chi connectivity index (χ4v) is 2.79. The standard InChI is InChI=1S/C18H17N3O4/c22-17-9-19-13-6-5-11(7-14(13)21-17)18(23)20-8-12-10-24-15-3-1-2-4-16(15)25-12/h1-7,12,19H,8-10H2,(H,20,23)(H,21,22). The Kier molecular flexibility index (Phi) is 3.89. The van der Waals surface area contributed by atoms with Crippen LogP contribution in [0.2, 0.25) is 0 Å². The Morgan fingerprint density at radius 3 is 2.88 bits per heavy atom. The molecule has 0 saturated carbocycles. The second-order valence-electron chi connectivity index (χ2n) is 5.87. The van der Waals surface area contributed by atoms with Gasteiger partial charge in [-0.2, -0.15) is 0 Å². The van der Waals surface area contributed by atoms with Crippen molar-refractivity contribution >= 4 is 23.2 Å². The molecule has 1 atom stereocenters. The van der Waals surface area contributed by atoms with Crippen LogP contribution in [0.3, 0.4) is 0 Å². The number of anilines is 2. The Morgan fingerprint density at radius 2 is 2.00 bits per heavy atom. The number of nitrogens with one attached hydrogen (secondary N) is 3. The summed E-state index contributed by atoms with van der Waals surface area (Å²) in [5, 5.41) is 8.58. The van der Waals surface area contributed by atoms with Crippen molar-refractivity contribution in [2.75, 3.05) is 30.3 Å². The minimum Gasteiger partial charge on any atom is -0.486 e. The van der Waals surface area contributed by atoms with E-state index in [4.69, 9.17) is 9.47 Å². The zero-order valence-corrected chi connectivity index (χ0v) is 13.4. The number of fused-ring (bicyclic) bond motifs is 2. The number of benzene rings is 2. The van der Waals surface area contributed by atoms with Gasteiger partial charge in [-0.25, -0.2) is 0 Å². The third-order valence-electron chi connectivity index (χ3n) is 4.05. The highest BCUT2D eigenvalue weighted by Gasteiger charge is 2.22. The van der Waals surface area contributed by atoms with Crippen molar-refractivity contribution in [3.05, 3.63) is 48.0 Å². The lowest BCUT2D eigenvalue weighted by molar-refractivity contribution is -0.114. The van der Waals surface area contributed by atoms with Crippen LogP contribution in [0.5, 0.6) is 11.5 Å². The molecule has 2 aromatic carbocycles. The molecule has 2 heterocycles. The van der Waals surface area contributed by atoms with E-state index in [1.54, 1.807) is 18.2 Å². The molecular weight excluding hydrogens is 322 g/mol. The fourth-order valence-electron chi connectivity index (χ4n) is 2.79. The van der Waals surface area contributed by atoms with Crippen LogP contribution < -0.4 is 25.4 Å². The molecule has 3 N–H and O–H groups in total. The van der Waals surface area contributed by atoms with Crippen LogP contribution in [0, 0.1) is 0 Å². The van der Waals surface area contributed by atoms with E-state index in [1.807, 2.05) is 24.3 Å². The number of ether oxygens (including phenoxy) is 2. The van der Waals surface area contributed by atoms with Gasteiger partial charge < -0.3 is 25.4 Å². The zero-order valence-electron chi connectivity index (χ0n) is 13.4. The first-order valence-corrected chi connectivity index (χ1v) is 8.03. The maximum atomic E-state index is 12.4. The Morgan fingerprint density at radius 1 is 1.16 bits per heavy atom. The molecule has 4 rings (SSSR count). The minimum absolute atomic E-state index is 0.128. The largest absolute Gasteiger partial charge is 0.486 e. The third kappa shape index (κ3) is 3.21. The molecule has 0 aromatic heterocycles. The van der Waals surface area contributed by atoms with Crippen LogP contribution in [-0.2, 0) is 4.79 Å². The summed E-state index contributed by atoms with van der Waals surface area (Å²) in [6.07, 6.45) is -0.252. The predicted molar refractivity (Wildman–Crippen MR) is 92.2 cm³/mol. The number of rotatable bonds is 3.